The van der Waals surface area contributed by atoms with Gasteiger partial charge in [-0.05, 0) is 54.8 Å². The van der Waals surface area contributed by atoms with Crippen LogP contribution in [0.3, 0.4) is 0 Å². The van der Waals surface area contributed by atoms with E-state index in [-0.39, 0.29) is 11.2 Å². The SMILES string of the molecule is C[C@@](CN)(Cc1ccc(F)cc1)C1CC1. The van der Waals surface area contributed by atoms with Gasteiger partial charge in [0.05, 0.1) is 0 Å². The monoisotopic (exact) mass is 207 g/mol. The number of rotatable bonds is 4. The molecule has 0 aliphatic heterocycles. The van der Waals surface area contributed by atoms with Crippen molar-refractivity contribution in [3.05, 3.63) is 35.6 Å². The van der Waals surface area contributed by atoms with E-state index >= 15 is 0 Å². The topological polar surface area (TPSA) is 26.0 Å². The zero-order valence-corrected chi connectivity index (χ0v) is 9.17. The first-order chi connectivity index (χ1) is 7.14. The zero-order chi connectivity index (χ0) is 10.9. The second-order valence-electron chi connectivity index (χ2n) is 4.94. The van der Waals surface area contributed by atoms with E-state index in [1.54, 1.807) is 0 Å². The molecule has 2 N–H and O–H groups in total. The van der Waals surface area contributed by atoms with Gasteiger partial charge in [-0.15, -0.1) is 0 Å². The third-order valence-corrected chi connectivity index (χ3v) is 3.55. The molecule has 1 aromatic rings. The molecule has 1 aliphatic rings. The number of benzene rings is 1. The largest absolute Gasteiger partial charge is 0.330 e. The van der Waals surface area contributed by atoms with E-state index in [4.69, 9.17) is 5.73 Å². The molecule has 0 radical (unpaired) electrons. The van der Waals surface area contributed by atoms with Crippen molar-refractivity contribution < 1.29 is 4.39 Å². The molecule has 1 saturated carbocycles. The van der Waals surface area contributed by atoms with Gasteiger partial charge in [0, 0.05) is 0 Å². The van der Waals surface area contributed by atoms with Crippen LogP contribution in [0.15, 0.2) is 24.3 Å². The Balaban J connectivity index is 2.09. The van der Waals surface area contributed by atoms with Crippen molar-refractivity contribution in [2.24, 2.45) is 17.1 Å². The summed E-state index contributed by atoms with van der Waals surface area (Å²) in [4.78, 5) is 0. The normalized spacial score (nSPS) is 19.9. The lowest BCUT2D eigenvalue weighted by Crippen LogP contribution is -2.31. The summed E-state index contributed by atoms with van der Waals surface area (Å²) >= 11 is 0. The fraction of sp³-hybridized carbons (Fsp3) is 0.538. The predicted molar refractivity (Wildman–Crippen MR) is 60.0 cm³/mol. The van der Waals surface area contributed by atoms with E-state index in [1.807, 2.05) is 12.1 Å². The first kappa shape index (κ1) is 10.6. The molecule has 0 amide bonds. The Kier molecular flexibility index (Phi) is 2.79. The summed E-state index contributed by atoms with van der Waals surface area (Å²) < 4.78 is 12.7. The summed E-state index contributed by atoms with van der Waals surface area (Å²) in [6.07, 6.45) is 3.57. The highest BCUT2D eigenvalue weighted by Gasteiger charge is 2.40. The smallest absolute Gasteiger partial charge is 0.123 e. The Morgan fingerprint density at radius 1 is 1.33 bits per heavy atom. The summed E-state index contributed by atoms with van der Waals surface area (Å²) in [7, 11) is 0. The number of nitrogens with two attached hydrogens (primary N) is 1. The molecule has 0 saturated heterocycles. The van der Waals surface area contributed by atoms with E-state index < -0.39 is 0 Å². The average molecular weight is 207 g/mol. The minimum atomic E-state index is -0.167. The van der Waals surface area contributed by atoms with Crippen molar-refractivity contribution >= 4 is 0 Å². The highest BCUT2D eigenvalue weighted by molar-refractivity contribution is 5.18. The maximum absolute atomic E-state index is 12.7. The Hall–Kier alpha value is -0.890. The molecule has 15 heavy (non-hydrogen) atoms. The molecule has 1 aliphatic carbocycles. The van der Waals surface area contributed by atoms with Crippen LogP contribution in [0.4, 0.5) is 4.39 Å². The molecule has 1 nitrogen and oxygen atoms in total. The van der Waals surface area contributed by atoms with E-state index in [9.17, 15) is 4.39 Å². The molecule has 1 fully saturated rings. The molecular weight excluding hydrogens is 189 g/mol. The molecule has 0 heterocycles. The minimum Gasteiger partial charge on any atom is -0.330 e. The maximum atomic E-state index is 12.7. The van der Waals surface area contributed by atoms with Gasteiger partial charge in [0.25, 0.3) is 0 Å². The van der Waals surface area contributed by atoms with Crippen LogP contribution in [0.25, 0.3) is 0 Å². The van der Waals surface area contributed by atoms with Crippen LogP contribution in [0.5, 0.6) is 0 Å². The first-order valence-corrected chi connectivity index (χ1v) is 5.58. The molecule has 0 unspecified atom stereocenters. The van der Waals surface area contributed by atoms with Gasteiger partial charge in [-0.3, -0.25) is 0 Å². The van der Waals surface area contributed by atoms with Crippen LogP contribution in [0.1, 0.15) is 25.3 Å². The van der Waals surface area contributed by atoms with Gasteiger partial charge in [-0.25, -0.2) is 4.39 Å². The Bertz CT molecular complexity index is 329. The summed E-state index contributed by atoms with van der Waals surface area (Å²) in [5.74, 6) is 0.604. The minimum absolute atomic E-state index is 0.167. The molecule has 0 bridgehead atoms. The van der Waals surface area contributed by atoms with Gasteiger partial charge in [0.15, 0.2) is 0 Å². The van der Waals surface area contributed by atoms with Crippen LogP contribution in [-0.4, -0.2) is 6.54 Å². The second-order valence-corrected chi connectivity index (χ2v) is 4.94. The van der Waals surface area contributed by atoms with Crippen molar-refractivity contribution in [1.29, 1.82) is 0 Å². The van der Waals surface area contributed by atoms with Gasteiger partial charge in [0.2, 0.25) is 0 Å². The third kappa shape index (κ3) is 2.37. The van der Waals surface area contributed by atoms with Gasteiger partial charge >= 0.3 is 0 Å². The van der Waals surface area contributed by atoms with Crippen molar-refractivity contribution in [3.8, 4) is 0 Å². The summed E-state index contributed by atoms with van der Waals surface area (Å²) in [6.45, 7) is 2.96. The summed E-state index contributed by atoms with van der Waals surface area (Å²) in [5.41, 5.74) is 7.25. The van der Waals surface area contributed by atoms with Crippen molar-refractivity contribution in [1.82, 2.24) is 0 Å². The van der Waals surface area contributed by atoms with Crippen LogP contribution in [0, 0.1) is 17.2 Å². The van der Waals surface area contributed by atoms with E-state index in [2.05, 4.69) is 6.92 Å². The molecule has 1 aromatic carbocycles. The van der Waals surface area contributed by atoms with Gasteiger partial charge in [-0.1, -0.05) is 19.1 Å². The number of hydrogen-bond acceptors (Lipinski definition) is 1. The van der Waals surface area contributed by atoms with Crippen LogP contribution < -0.4 is 5.73 Å². The maximum Gasteiger partial charge on any atom is 0.123 e. The molecule has 2 rings (SSSR count). The highest BCUT2D eigenvalue weighted by Crippen LogP contribution is 2.46. The highest BCUT2D eigenvalue weighted by atomic mass is 19.1. The lowest BCUT2D eigenvalue weighted by molar-refractivity contribution is 0.281. The zero-order valence-electron chi connectivity index (χ0n) is 9.17. The Morgan fingerprint density at radius 3 is 2.40 bits per heavy atom. The summed E-state index contributed by atoms with van der Waals surface area (Å²) in [5, 5.41) is 0. The van der Waals surface area contributed by atoms with E-state index in [1.165, 1.54) is 30.5 Å². The molecule has 1 atom stereocenters. The standard InChI is InChI=1S/C13H18FN/c1-13(9-15,11-4-5-11)8-10-2-6-12(14)7-3-10/h2-3,6-7,11H,4-5,8-9,15H2,1H3/t13-/m0/s1. The van der Waals surface area contributed by atoms with Crippen molar-refractivity contribution in [2.75, 3.05) is 6.54 Å². The molecule has 2 heteroatoms. The van der Waals surface area contributed by atoms with E-state index in [0.717, 1.165) is 18.9 Å². The Labute approximate surface area is 90.5 Å². The third-order valence-electron chi connectivity index (χ3n) is 3.55. The first-order valence-electron chi connectivity index (χ1n) is 5.58. The average Bonchev–Trinajstić information content (AvgIpc) is 3.05. The van der Waals surface area contributed by atoms with Crippen LogP contribution in [0.2, 0.25) is 0 Å². The van der Waals surface area contributed by atoms with Crippen molar-refractivity contribution in [2.45, 2.75) is 26.2 Å². The lowest BCUT2D eigenvalue weighted by Gasteiger charge is -2.28. The Morgan fingerprint density at radius 2 is 1.93 bits per heavy atom. The molecular formula is C13H18FN. The number of hydrogen-bond donors (Lipinski definition) is 1. The van der Waals surface area contributed by atoms with E-state index in [0.29, 0.717) is 0 Å². The predicted octanol–water partition coefficient (Wildman–Crippen LogP) is 2.74. The van der Waals surface area contributed by atoms with Crippen LogP contribution in [-0.2, 0) is 6.42 Å². The molecule has 0 spiro atoms. The fourth-order valence-corrected chi connectivity index (χ4v) is 2.23. The van der Waals surface area contributed by atoms with Crippen molar-refractivity contribution in [3.63, 3.8) is 0 Å². The lowest BCUT2D eigenvalue weighted by atomic mass is 9.79. The van der Waals surface area contributed by atoms with Gasteiger partial charge < -0.3 is 5.73 Å². The van der Waals surface area contributed by atoms with Gasteiger partial charge in [0.1, 0.15) is 5.82 Å². The molecule has 0 aromatic heterocycles. The van der Waals surface area contributed by atoms with Gasteiger partial charge in [-0.2, -0.15) is 0 Å². The fourth-order valence-electron chi connectivity index (χ4n) is 2.23. The van der Waals surface area contributed by atoms with Crippen LogP contribution >= 0.6 is 0 Å². The second kappa shape index (κ2) is 3.93. The number of halogens is 1. The molecule has 82 valence electrons. The summed E-state index contributed by atoms with van der Waals surface area (Å²) in [6, 6.07) is 6.79. The quantitative estimate of drug-likeness (QED) is 0.807.